The van der Waals surface area contributed by atoms with Crippen molar-refractivity contribution in [2.24, 2.45) is 11.3 Å². The van der Waals surface area contributed by atoms with E-state index in [1.807, 2.05) is 31.5 Å². The molecule has 1 saturated heterocycles. The number of ether oxygens (including phenoxy) is 1. The van der Waals surface area contributed by atoms with Crippen molar-refractivity contribution in [3.05, 3.63) is 28.0 Å². The first-order chi connectivity index (χ1) is 15.6. The molecule has 8 nitrogen and oxygen atoms in total. The zero-order chi connectivity index (χ0) is 24.1. The number of pyridine rings is 1. The molecule has 1 aromatic carbocycles. The number of hydrogen-bond donors (Lipinski definition) is 2. The summed E-state index contributed by atoms with van der Waals surface area (Å²) in [6.45, 7) is 5.52. The zero-order valence-electron chi connectivity index (χ0n) is 19.5. The van der Waals surface area contributed by atoms with Gasteiger partial charge in [0.2, 0.25) is 0 Å². The Bertz CT molecular complexity index is 1210. The molecule has 1 aliphatic carbocycles. The zero-order valence-corrected chi connectivity index (χ0v) is 21.9. The average molecular weight is 514 g/mol. The molecule has 0 radical (unpaired) electrons. The van der Waals surface area contributed by atoms with Crippen molar-refractivity contribution < 1.29 is 14.6 Å². The van der Waals surface area contributed by atoms with Gasteiger partial charge in [-0.3, -0.25) is 0 Å². The maximum absolute atomic E-state index is 13.1. The first kappa shape index (κ1) is 23.7. The van der Waals surface area contributed by atoms with Crippen LogP contribution in [0.4, 0.5) is 5.69 Å². The number of nitrogens with zero attached hydrogens (tertiary/aromatic N) is 3. The Kier molecular flexibility index (Phi) is 6.24. The molecular weight excluding hydrogens is 483 g/mol. The number of benzene rings is 1. The number of nitrogens with one attached hydrogen (secondary N) is 1. The number of aromatic carboxylic acids is 1. The van der Waals surface area contributed by atoms with E-state index >= 15 is 0 Å². The summed E-state index contributed by atoms with van der Waals surface area (Å²) in [6, 6.07) is 4.64. The summed E-state index contributed by atoms with van der Waals surface area (Å²) in [5.41, 5.74) is 0.469. The van der Waals surface area contributed by atoms with E-state index in [9.17, 15) is 20.0 Å². The molecule has 0 bridgehead atoms. The van der Waals surface area contributed by atoms with Crippen LogP contribution in [-0.2, 0) is 0 Å². The summed E-state index contributed by atoms with van der Waals surface area (Å²) >= 11 is 1.29. The molecule has 2 aromatic rings. The van der Waals surface area contributed by atoms with E-state index in [1.54, 1.807) is 7.11 Å². The summed E-state index contributed by atoms with van der Waals surface area (Å²) in [4.78, 5) is 27.2. The number of nitriles is 1. The van der Waals surface area contributed by atoms with Gasteiger partial charge in [-0.2, -0.15) is 0 Å². The number of fused-ring (bicyclic) bond motifs is 1. The molecule has 1 aromatic heterocycles. The fourth-order valence-electron chi connectivity index (χ4n) is 5.30. The van der Waals surface area contributed by atoms with Crippen LogP contribution in [0.2, 0.25) is 0 Å². The molecule has 4 rings (SSSR count). The minimum atomic E-state index is -1.20. The molecule has 33 heavy (non-hydrogen) atoms. The second-order valence-corrected chi connectivity index (χ2v) is 11.0. The van der Waals surface area contributed by atoms with Crippen molar-refractivity contribution in [1.29, 1.82) is 5.26 Å². The molecule has 3 atom stereocenters. The fourth-order valence-corrected chi connectivity index (χ4v) is 6.19. The molecule has 2 heterocycles. The van der Waals surface area contributed by atoms with Gasteiger partial charge < -0.3 is 0 Å². The first-order valence-electron chi connectivity index (χ1n) is 11.3. The third kappa shape index (κ3) is 4.02. The summed E-state index contributed by atoms with van der Waals surface area (Å²) in [7, 11) is 3.51. The van der Waals surface area contributed by atoms with Crippen LogP contribution < -0.4 is 24.7 Å². The van der Waals surface area contributed by atoms with Gasteiger partial charge in [0.25, 0.3) is 0 Å². The Labute approximate surface area is 202 Å². The van der Waals surface area contributed by atoms with Crippen molar-refractivity contribution in [2.45, 2.75) is 45.2 Å². The molecule has 176 valence electrons. The van der Waals surface area contributed by atoms with Crippen molar-refractivity contribution in [2.75, 3.05) is 32.1 Å². The predicted molar refractivity (Wildman–Crippen MR) is 131 cm³/mol. The minimum absolute atomic E-state index is 0.0482. The third-order valence-electron chi connectivity index (χ3n) is 7.05. The number of carboxylic acid groups (broad SMARTS) is 1. The Morgan fingerprint density at radius 2 is 2.09 bits per heavy atom. The molecule has 3 unspecified atom stereocenters. The van der Waals surface area contributed by atoms with E-state index in [-0.39, 0.29) is 23.6 Å². The summed E-state index contributed by atoms with van der Waals surface area (Å²) in [5.74, 6) is -0.295. The van der Waals surface area contributed by atoms with Crippen LogP contribution in [0.5, 0.6) is 5.75 Å². The van der Waals surface area contributed by atoms with Crippen molar-refractivity contribution in [1.82, 2.24) is 9.88 Å². The molecule has 9 heteroatoms. The SMILES string of the molecule is CNC(C1CCN(c2cc([AsH2])c3c(=O)c(C(=O)O)cn(C4CC4)c3c2OC)C1)C(C)(C)C#N. The van der Waals surface area contributed by atoms with Crippen LogP contribution in [-0.4, -0.2) is 65.8 Å². The van der Waals surface area contributed by atoms with Crippen LogP contribution in [0.1, 0.15) is 49.5 Å². The van der Waals surface area contributed by atoms with Gasteiger partial charge in [0.05, 0.1) is 0 Å². The summed E-state index contributed by atoms with van der Waals surface area (Å²) in [6.07, 6.45) is 4.33. The van der Waals surface area contributed by atoms with Gasteiger partial charge in [-0.1, -0.05) is 0 Å². The van der Waals surface area contributed by atoms with Gasteiger partial charge in [0.15, 0.2) is 0 Å². The number of rotatable bonds is 7. The number of carboxylic acids is 1. The third-order valence-corrected chi connectivity index (χ3v) is 8.01. The number of anilines is 1. The molecule has 0 spiro atoms. The van der Waals surface area contributed by atoms with Gasteiger partial charge in [-0.05, 0) is 0 Å². The monoisotopic (exact) mass is 514 g/mol. The van der Waals surface area contributed by atoms with Gasteiger partial charge in [0.1, 0.15) is 0 Å². The summed E-state index contributed by atoms with van der Waals surface area (Å²) < 4.78 is 8.65. The van der Waals surface area contributed by atoms with Crippen molar-refractivity contribution >= 4 is 43.8 Å². The molecule has 1 aliphatic heterocycles. The Balaban J connectivity index is 1.85. The van der Waals surface area contributed by atoms with E-state index < -0.39 is 16.8 Å². The maximum atomic E-state index is 13.1. The molecule has 2 fully saturated rings. The second kappa shape index (κ2) is 8.70. The number of hydrogen-bond acceptors (Lipinski definition) is 6. The Hall–Kier alpha value is -2.49. The van der Waals surface area contributed by atoms with E-state index in [1.165, 1.54) is 23.0 Å². The van der Waals surface area contributed by atoms with Gasteiger partial charge in [-0.25, -0.2) is 0 Å². The number of aromatic nitrogens is 1. The number of carbonyl (C=O) groups is 1. The van der Waals surface area contributed by atoms with Gasteiger partial charge in [0, 0.05) is 0 Å². The number of methoxy groups -OCH3 is 1. The average Bonchev–Trinajstić information content (AvgIpc) is 3.51. The Morgan fingerprint density at radius 1 is 1.39 bits per heavy atom. The Morgan fingerprint density at radius 3 is 2.64 bits per heavy atom. The van der Waals surface area contributed by atoms with E-state index in [0.717, 1.165) is 42.4 Å². The summed E-state index contributed by atoms with van der Waals surface area (Å²) in [5, 5.41) is 23.1. The van der Waals surface area contributed by atoms with Crippen LogP contribution in [0.25, 0.3) is 10.9 Å². The topological polar surface area (TPSA) is 108 Å². The molecular formula is C24H31AsN4O4. The standard InChI is InChI=1S/C24H31AsN4O4/c1-24(2,12-26)22(27-3)13-7-8-28(10-13)17-9-16(25)18-19(21(17)33-4)29(14-5-6-14)11-15(20(18)30)23(31)32/h9,11,13-14,22,27H,5-8,10,25H2,1-4H3,(H,31,32). The van der Waals surface area contributed by atoms with Crippen LogP contribution in [0, 0.1) is 22.7 Å². The van der Waals surface area contributed by atoms with E-state index in [0.29, 0.717) is 16.7 Å². The quantitative estimate of drug-likeness (QED) is 0.536. The van der Waals surface area contributed by atoms with E-state index in [4.69, 9.17) is 4.74 Å². The van der Waals surface area contributed by atoms with E-state index in [2.05, 4.69) is 16.3 Å². The fraction of sp³-hybridized carbons (Fsp3) is 0.542. The van der Waals surface area contributed by atoms with Crippen LogP contribution >= 0.6 is 0 Å². The predicted octanol–water partition coefficient (Wildman–Crippen LogP) is 1.27. The van der Waals surface area contributed by atoms with Crippen molar-refractivity contribution in [3.63, 3.8) is 0 Å². The van der Waals surface area contributed by atoms with Gasteiger partial charge in [-0.15, -0.1) is 0 Å². The molecule has 1 saturated carbocycles. The van der Waals surface area contributed by atoms with Gasteiger partial charge >= 0.3 is 202 Å². The molecule has 2 aliphatic rings. The molecule has 2 N–H and O–H groups in total. The van der Waals surface area contributed by atoms with Crippen molar-refractivity contribution in [3.8, 4) is 11.8 Å². The second-order valence-electron chi connectivity index (χ2n) is 9.65. The van der Waals surface area contributed by atoms with Crippen LogP contribution in [0.3, 0.4) is 0 Å². The molecule has 0 amide bonds. The normalized spacial score (nSPS) is 19.5. The van der Waals surface area contributed by atoms with Crippen LogP contribution in [0.15, 0.2) is 17.1 Å². The first-order valence-corrected chi connectivity index (χ1v) is 12.5.